The van der Waals surface area contributed by atoms with Crippen molar-refractivity contribution in [2.75, 3.05) is 26.4 Å². The van der Waals surface area contributed by atoms with Crippen LogP contribution in [-0.4, -0.2) is 50.5 Å². The first-order valence-corrected chi connectivity index (χ1v) is 11.8. The number of imidazole rings is 2. The first-order chi connectivity index (χ1) is 16.8. The molecule has 5 rings (SSSR count). The number of ether oxygens (including phenoxy) is 2. The maximum atomic E-state index is 5.64. The predicted octanol–water partition coefficient (Wildman–Crippen LogP) is -3.80. The van der Waals surface area contributed by atoms with Crippen molar-refractivity contribution in [2.24, 2.45) is 0 Å². The molecule has 38 heavy (non-hydrogen) atoms. The van der Waals surface area contributed by atoms with Crippen LogP contribution in [0.25, 0.3) is 45.1 Å². The molecule has 0 aliphatic carbocycles. The molecule has 0 N–H and O–H groups in total. The van der Waals surface area contributed by atoms with Gasteiger partial charge in [-0.1, -0.05) is 30.3 Å². The molecule has 0 spiro atoms. The van der Waals surface area contributed by atoms with Crippen molar-refractivity contribution >= 4 is 22.1 Å². The molecule has 0 unspecified atom stereocenters. The van der Waals surface area contributed by atoms with Crippen molar-refractivity contribution in [3.05, 3.63) is 66.7 Å². The second-order valence-corrected chi connectivity index (χ2v) is 7.95. The molecule has 0 fully saturated rings. The van der Waals surface area contributed by atoms with Gasteiger partial charge in [-0.15, -0.1) is 0 Å². The number of hydrogen-bond acceptors (Lipinski definition) is 5. The van der Waals surface area contributed by atoms with E-state index < -0.39 is 0 Å². The van der Waals surface area contributed by atoms with E-state index >= 15 is 0 Å². The Labute approximate surface area is 251 Å². The minimum atomic E-state index is 0. The molecule has 0 atom stereocenters. The molecular formula is C27H29Cl3CoN5O2. The summed E-state index contributed by atoms with van der Waals surface area (Å²) in [5.41, 5.74) is 5.68. The summed E-state index contributed by atoms with van der Waals surface area (Å²) in [7, 11) is 0. The third kappa shape index (κ3) is 7.07. The van der Waals surface area contributed by atoms with Crippen LogP contribution < -0.4 is 37.2 Å². The number of hydrogen-bond donors (Lipinski definition) is 0. The molecule has 5 aromatic rings. The van der Waals surface area contributed by atoms with Crippen LogP contribution in [0.2, 0.25) is 0 Å². The molecule has 0 aliphatic heterocycles. The zero-order valence-corrected chi connectivity index (χ0v) is 24.4. The summed E-state index contributed by atoms with van der Waals surface area (Å²) in [6, 6.07) is 22.4. The van der Waals surface area contributed by atoms with Crippen LogP contribution in [0.5, 0.6) is 0 Å². The quantitative estimate of drug-likeness (QED) is 0.150. The van der Waals surface area contributed by atoms with Gasteiger partial charge in [0.2, 0.25) is 0 Å². The van der Waals surface area contributed by atoms with Crippen LogP contribution in [0.3, 0.4) is 0 Å². The third-order valence-corrected chi connectivity index (χ3v) is 5.84. The van der Waals surface area contributed by atoms with Crippen molar-refractivity contribution in [3.8, 4) is 23.0 Å². The van der Waals surface area contributed by atoms with E-state index in [0.717, 1.165) is 45.1 Å². The first-order valence-electron chi connectivity index (χ1n) is 11.8. The Morgan fingerprint density at radius 1 is 0.579 bits per heavy atom. The molecule has 0 saturated carbocycles. The number of benzene rings is 2. The zero-order valence-electron chi connectivity index (χ0n) is 21.1. The van der Waals surface area contributed by atoms with Gasteiger partial charge in [-0.2, -0.15) is 0 Å². The number of fused-ring (bicyclic) bond motifs is 2. The smallest absolute Gasteiger partial charge is 1.00 e. The predicted molar refractivity (Wildman–Crippen MR) is 135 cm³/mol. The maximum absolute atomic E-state index is 5.64. The van der Waals surface area contributed by atoms with Crippen molar-refractivity contribution in [1.29, 1.82) is 0 Å². The van der Waals surface area contributed by atoms with Crippen LogP contribution in [0.1, 0.15) is 13.8 Å². The van der Waals surface area contributed by atoms with Gasteiger partial charge in [0.1, 0.15) is 11.4 Å². The molecule has 7 nitrogen and oxygen atoms in total. The van der Waals surface area contributed by atoms with Gasteiger partial charge in [-0.05, 0) is 50.2 Å². The molecular weight excluding hydrogens is 592 g/mol. The average molecular weight is 621 g/mol. The maximum Gasteiger partial charge on any atom is 3.00 e. The molecule has 0 aliphatic rings. The Morgan fingerprint density at radius 3 is 1.42 bits per heavy atom. The molecule has 3 heterocycles. The van der Waals surface area contributed by atoms with E-state index in [1.807, 2.05) is 68.4 Å². The fourth-order valence-corrected chi connectivity index (χ4v) is 4.28. The number of para-hydroxylation sites is 4. The first kappa shape index (κ1) is 33.9. The van der Waals surface area contributed by atoms with E-state index in [0.29, 0.717) is 39.5 Å². The Balaban J connectivity index is 0.00000180. The van der Waals surface area contributed by atoms with Crippen molar-refractivity contribution in [3.63, 3.8) is 0 Å². The van der Waals surface area contributed by atoms with Gasteiger partial charge in [-0.25, -0.2) is 15.0 Å². The summed E-state index contributed by atoms with van der Waals surface area (Å²) >= 11 is 0. The summed E-state index contributed by atoms with van der Waals surface area (Å²) in [4.78, 5) is 14.9. The van der Waals surface area contributed by atoms with Crippen LogP contribution in [0.15, 0.2) is 66.7 Å². The van der Waals surface area contributed by atoms with E-state index in [1.165, 1.54) is 0 Å². The van der Waals surface area contributed by atoms with Gasteiger partial charge in [0.25, 0.3) is 0 Å². The Morgan fingerprint density at radius 2 is 1.00 bits per heavy atom. The monoisotopic (exact) mass is 619 g/mol. The van der Waals surface area contributed by atoms with Crippen molar-refractivity contribution in [2.45, 2.75) is 26.9 Å². The number of nitrogens with zero attached hydrogens (tertiary/aromatic N) is 5. The fraction of sp³-hybridized carbons (Fsp3) is 0.296. The summed E-state index contributed by atoms with van der Waals surface area (Å²) in [5, 5.41) is 0. The molecule has 2 aromatic carbocycles. The second-order valence-electron chi connectivity index (χ2n) is 7.95. The van der Waals surface area contributed by atoms with E-state index in [9.17, 15) is 0 Å². The molecule has 0 radical (unpaired) electrons. The van der Waals surface area contributed by atoms with Crippen LogP contribution >= 0.6 is 0 Å². The van der Waals surface area contributed by atoms with E-state index in [1.54, 1.807) is 0 Å². The summed E-state index contributed by atoms with van der Waals surface area (Å²) in [6.45, 7) is 8.06. The van der Waals surface area contributed by atoms with Crippen LogP contribution in [-0.2, 0) is 39.3 Å². The van der Waals surface area contributed by atoms with Gasteiger partial charge in [0.05, 0.1) is 35.3 Å². The largest absolute Gasteiger partial charge is 3.00 e. The van der Waals surface area contributed by atoms with Crippen LogP contribution in [0, 0.1) is 0 Å². The van der Waals surface area contributed by atoms with Gasteiger partial charge in [0.15, 0.2) is 11.6 Å². The van der Waals surface area contributed by atoms with Gasteiger partial charge >= 0.3 is 16.8 Å². The molecule has 0 bridgehead atoms. The van der Waals surface area contributed by atoms with Gasteiger partial charge in [0, 0.05) is 26.3 Å². The number of aromatic nitrogens is 5. The van der Waals surface area contributed by atoms with Crippen LogP contribution in [0.4, 0.5) is 0 Å². The third-order valence-electron chi connectivity index (χ3n) is 5.84. The fourth-order valence-electron chi connectivity index (χ4n) is 4.28. The second kappa shape index (κ2) is 16.1. The van der Waals surface area contributed by atoms with E-state index in [4.69, 9.17) is 24.4 Å². The number of rotatable bonds is 10. The Bertz CT molecular complexity index is 1320. The molecule has 0 saturated heterocycles. The minimum Gasteiger partial charge on any atom is -1.00 e. The summed E-state index contributed by atoms with van der Waals surface area (Å²) < 4.78 is 15.7. The molecule has 11 heteroatoms. The normalized spacial score (nSPS) is 10.4. The Hall–Kier alpha value is -2.17. The van der Waals surface area contributed by atoms with Crippen molar-refractivity contribution in [1.82, 2.24) is 24.1 Å². The summed E-state index contributed by atoms with van der Waals surface area (Å²) in [6.07, 6.45) is 0. The average Bonchev–Trinajstić information content (AvgIpc) is 3.43. The Kier molecular flexibility index (Phi) is 14.3. The zero-order chi connectivity index (χ0) is 23.3. The number of halogens is 3. The molecule has 204 valence electrons. The van der Waals surface area contributed by atoms with E-state index in [-0.39, 0.29) is 54.0 Å². The van der Waals surface area contributed by atoms with Crippen molar-refractivity contribution < 1.29 is 63.5 Å². The summed E-state index contributed by atoms with van der Waals surface area (Å²) in [5.74, 6) is 1.67. The van der Waals surface area contributed by atoms with E-state index in [2.05, 4.69) is 21.3 Å². The van der Waals surface area contributed by atoms with Gasteiger partial charge < -0.3 is 55.8 Å². The number of pyridine rings is 1. The molecule has 3 aromatic heterocycles. The minimum absolute atomic E-state index is 0. The SMILES string of the molecule is CCOCCn1c(-c2cccc(-c3nc4ccccc4n3CCOCC)n2)nc2ccccc21.[Cl-].[Cl-].[Cl-].[Co+3]. The van der Waals surface area contributed by atoms with Gasteiger partial charge in [-0.3, -0.25) is 0 Å². The standard InChI is InChI=1S/C27H29N5O2.3ClH.Co/c1-3-33-18-16-31-24-14-7-5-10-20(24)29-26(31)22-12-9-13-23(28-22)27-30-21-11-6-8-15-25(21)32(27)17-19-34-4-2;;;;/h5-15H,3-4,16-19H2,1-2H3;3*1H;/q;;;;+3/p-3. The topological polar surface area (TPSA) is 67.0 Å². The molecule has 0 amide bonds.